The second kappa shape index (κ2) is 7.00. The summed E-state index contributed by atoms with van der Waals surface area (Å²) in [5.41, 5.74) is 0.0827. The molecule has 1 aromatic rings. The highest BCUT2D eigenvalue weighted by atomic mass is 16.2. The highest BCUT2D eigenvalue weighted by Crippen LogP contribution is 2.41. The highest BCUT2D eigenvalue weighted by Gasteiger charge is 2.44. The molecule has 142 valence electrons. The van der Waals surface area contributed by atoms with E-state index in [1.54, 1.807) is 0 Å². The predicted octanol–water partition coefficient (Wildman–Crippen LogP) is 1.83. The van der Waals surface area contributed by atoms with Gasteiger partial charge in [0.1, 0.15) is 5.82 Å². The van der Waals surface area contributed by atoms with Crippen molar-refractivity contribution in [3.63, 3.8) is 0 Å². The molecule has 2 saturated heterocycles. The maximum atomic E-state index is 12.8. The van der Waals surface area contributed by atoms with Gasteiger partial charge in [0.05, 0.1) is 6.42 Å². The molecule has 0 aromatic carbocycles. The smallest absolute Gasteiger partial charge is 0.230 e. The molecule has 0 bridgehead atoms. The topological polar surface area (TPSA) is 82.2 Å². The molecule has 3 fully saturated rings. The Morgan fingerprint density at radius 2 is 2.04 bits per heavy atom. The van der Waals surface area contributed by atoms with Crippen molar-refractivity contribution < 1.29 is 9.59 Å². The number of aromatic amines is 1. The first-order chi connectivity index (χ1) is 12.5. The summed E-state index contributed by atoms with van der Waals surface area (Å²) in [7, 11) is 0. The number of carbonyl (C=O) groups is 2. The molecule has 2 aliphatic heterocycles. The van der Waals surface area contributed by atoms with E-state index in [4.69, 9.17) is 0 Å². The van der Waals surface area contributed by atoms with Crippen molar-refractivity contribution in [2.45, 2.75) is 70.8 Å². The Morgan fingerprint density at radius 1 is 1.23 bits per heavy atom. The maximum Gasteiger partial charge on any atom is 0.230 e. The van der Waals surface area contributed by atoms with E-state index in [0.29, 0.717) is 24.2 Å². The number of nitrogens with zero attached hydrogens (tertiary/aromatic N) is 4. The molecule has 1 spiro atoms. The monoisotopic (exact) mass is 359 g/mol. The van der Waals surface area contributed by atoms with Crippen molar-refractivity contribution >= 4 is 11.8 Å². The molecular weight excluding hydrogens is 330 g/mol. The van der Waals surface area contributed by atoms with Gasteiger partial charge in [0.15, 0.2) is 5.82 Å². The van der Waals surface area contributed by atoms with Crippen LogP contribution < -0.4 is 0 Å². The van der Waals surface area contributed by atoms with Gasteiger partial charge < -0.3 is 9.80 Å². The third-order valence-corrected chi connectivity index (χ3v) is 6.43. The number of likely N-dealkylation sites (tertiary alicyclic amines) is 2. The molecule has 2 amide bonds. The van der Waals surface area contributed by atoms with Gasteiger partial charge in [0, 0.05) is 37.5 Å². The average Bonchev–Trinajstić information content (AvgIpc) is 3.29. The van der Waals surface area contributed by atoms with Crippen molar-refractivity contribution in [1.82, 2.24) is 25.0 Å². The zero-order chi connectivity index (χ0) is 18.1. The van der Waals surface area contributed by atoms with Crippen LogP contribution >= 0.6 is 0 Å². The lowest BCUT2D eigenvalue weighted by Gasteiger charge is -2.49. The molecule has 3 aliphatic rings. The molecular formula is C19H29N5O2. The maximum absolute atomic E-state index is 12.8. The van der Waals surface area contributed by atoms with Gasteiger partial charge >= 0.3 is 0 Å². The van der Waals surface area contributed by atoms with Gasteiger partial charge in [-0.1, -0.05) is 12.8 Å². The summed E-state index contributed by atoms with van der Waals surface area (Å²) in [5, 5.41) is 6.89. The lowest BCUT2D eigenvalue weighted by atomic mass is 9.73. The summed E-state index contributed by atoms with van der Waals surface area (Å²) in [6, 6.07) is 0.432. The third-order valence-electron chi connectivity index (χ3n) is 6.43. The standard InChI is InChI=1S/C19H29N5O2/c1-14-20-16(22-21-14)11-18(26)23-10-4-8-19(12-23)9-7-17(25)24(13-19)15-5-2-3-6-15/h15H,2-13H2,1H3,(H,20,21,22)/t19-/m1/s1. The fraction of sp³-hybridized carbons (Fsp3) is 0.789. The fourth-order valence-corrected chi connectivity index (χ4v) is 5.06. The van der Waals surface area contributed by atoms with Crippen LogP contribution in [0.3, 0.4) is 0 Å². The molecule has 0 radical (unpaired) electrons. The molecule has 26 heavy (non-hydrogen) atoms. The lowest BCUT2D eigenvalue weighted by molar-refractivity contribution is -0.145. The first kappa shape index (κ1) is 17.5. The van der Waals surface area contributed by atoms with Crippen LogP contribution in [0.1, 0.15) is 63.0 Å². The van der Waals surface area contributed by atoms with E-state index in [9.17, 15) is 9.59 Å². The fourth-order valence-electron chi connectivity index (χ4n) is 5.06. The largest absolute Gasteiger partial charge is 0.342 e. The zero-order valence-electron chi connectivity index (χ0n) is 15.7. The summed E-state index contributed by atoms with van der Waals surface area (Å²) in [6.07, 6.45) is 8.72. The minimum absolute atomic E-state index is 0.0827. The molecule has 1 saturated carbocycles. The van der Waals surface area contributed by atoms with Crippen LogP contribution in [0.2, 0.25) is 0 Å². The number of carbonyl (C=O) groups excluding carboxylic acids is 2. The van der Waals surface area contributed by atoms with Crippen LogP contribution in [-0.4, -0.2) is 62.5 Å². The Morgan fingerprint density at radius 3 is 2.77 bits per heavy atom. The van der Waals surface area contributed by atoms with Crippen molar-refractivity contribution in [1.29, 1.82) is 0 Å². The molecule has 1 N–H and O–H groups in total. The molecule has 4 rings (SSSR count). The Bertz CT molecular complexity index is 681. The lowest BCUT2D eigenvalue weighted by Crippen LogP contribution is -2.57. The molecule has 7 nitrogen and oxygen atoms in total. The summed E-state index contributed by atoms with van der Waals surface area (Å²) >= 11 is 0. The average molecular weight is 359 g/mol. The number of H-pyrrole nitrogens is 1. The normalized spacial score (nSPS) is 27.5. The molecule has 3 heterocycles. The van der Waals surface area contributed by atoms with Crippen molar-refractivity contribution in [2.75, 3.05) is 19.6 Å². The summed E-state index contributed by atoms with van der Waals surface area (Å²) in [4.78, 5) is 33.6. The molecule has 1 aromatic heterocycles. The molecule has 7 heteroatoms. The summed E-state index contributed by atoms with van der Waals surface area (Å²) in [6.45, 7) is 4.25. The van der Waals surface area contributed by atoms with E-state index < -0.39 is 0 Å². The number of aromatic nitrogens is 3. The van der Waals surface area contributed by atoms with Crippen molar-refractivity contribution in [3.05, 3.63) is 11.6 Å². The van der Waals surface area contributed by atoms with Crippen LogP contribution in [-0.2, 0) is 16.0 Å². The Balaban J connectivity index is 1.43. The molecule has 1 aliphatic carbocycles. The van der Waals surface area contributed by atoms with Gasteiger partial charge in [-0.3, -0.25) is 14.7 Å². The summed E-state index contributed by atoms with van der Waals surface area (Å²) in [5.74, 6) is 1.73. The van der Waals surface area contributed by atoms with Crippen LogP contribution in [0.15, 0.2) is 0 Å². The van der Waals surface area contributed by atoms with E-state index in [0.717, 1.165) is 57.6 Å². The van der Waals surface area contributed by atoms with Gasteiger partial charge in [-0.25, -0.2) is 4.98 Å². The second-order valence-electron chi connectivity index (χ2n) is 8.39. The van der Waals surface area contributed by atoms with E-state index >= 15 is 0 Å². The Labute approximate surface area is 154 Å². The number of hydrogen-bond acceptors (Lipinski definition) is 4. The van der Waals surface area contributed by atoms with E-state index in [2.05, 4.69) is 20.1 Å². The van der Waals surface area contributed by atoms with E-state index in [1.165, 1.54) is 12.8 Å². The van der Waals surface area contributed by atoms with Crippen LogP contribution in [0.5, 0.6) is 0 Å². The first-order valence-corrected chi connectivity index (χ1v) is 10.00. The number of nitrogens with one attached hydrogen (secondary N) is 1. The van der Waals surface area contributed by atoms with Gasteiger partial charge in [-0.15, -0.1) is 0 Å². The highest BCUT2D eigenvalue weighted by molar-refractivity contribution is 5.79. The SMILES string of the molecule is Cc1nc(CC(=O)N2CCC[C@@]3(CCC(=O)N(C4CCCC4)C3)C2)n[nH]1. The second-order valence-corrected chi connectivity index (χ2v) is 8.39. The Hall–Kier alpha value is -1.92. The number of rotatable bonds is 3. The van der Waals surface area contributed by atoms with E-state index in [-0.39, 0.29) is 17.7 Å². The van der Waals surface area contributed by atoms with Crippen molar-refractivity contribution in [2.24, 2.45) is 5.41 Å². The van der Waals surface area contributed by atoms with Crippen LogP contribution in [0.4, 0.5) is 0 Å². The van der Waals surface area contributed by atoms with Gasteiger partial charge in [-0.2, -0.15) is 5.10 Å². The van der Waals surface area contributed by atoms with Gasteiger partial charge in [-0.05, 0) is 39.0 Å². The van der Waals surface area contributed by atoms with Crippen LogP contribution in [0, 0.1) is 12.3 Å². The molecule has 0 unspecified atom stereocenters. The van der Waals surface area contributed by atoms with Crippen LogP contribution in [0.25, 0.3) is 0 Å². The zero-order valence-corrected chi connectivity index (χ0v) is 15.7. The number of piperidine rings is 2. The number of hydrogen-bond donors (Lipinski definition) is 1. The minimum Gasteiger partial charge on any atom is -0.342 e. The minimum atomic E-state index is 0.0827. The number of aryl methyl sites for hydroxylation is 1. The first-order valence-electron chi connectivity index (χ1n) is 10.00. The third kappa shape index (κ3) is 3.48. The van der Waals surface area contributed by atoms with Crippen molar-refractivity contribution in [3.8, 4) is 0 Å². The van der Waals surface area contributed by atoms with Gasteiger partial charge in [0.25, 0.3) is 0 Å². The Kier molecular flexibility index (Phi) is 4.71. The quantitative estimate of drug-likeness (QED) is 0.893. The van der Waals surface area contributed by atoms with Gasteiger partial charge in [0.2, 0.25) is 11.8 Å². The number of amides is 2. The molecule has 1 atom stereocenters. The van der Waals surface area contributed by atoms with E-state index in [1.807, 2.05) is 11.8 Å². The summed E-state index contributed by atoms with van der Waals surface area (Å²) < 4.78 is 0. The predicted molar refractivity (Wildman–Crippen MR) is 96.3 cm³/mol.